The molecule has 0 saturated carbocycles. The fourth-order valence-corrected chi connectivity index (χ4v) is 4.15. The molecule has 1 aliphatic heterocycles. The van der Waals surface area contributed by atoms with Gasteiger partial charge in [-0.25, -0.2) is 14.5 Å². The van der Waals surface area contributed by atoms with Crippen molar-refractivity contribution < 1.29 is 4.79 Å². The number of fused-ring (bicyclic) bond motifs is 1. The molecule has 4 heterocycles. The summed E-state index contributed by atoms with van der Waals surface area (Å²) in [5.41, 5.74) is 2.64. The summed E-state index contributed by atoms with van der Waals surface area (Å²) in [5, 5.41) is 4.67. The van der Waals surface area contributed by atoms with E-state index in [-0.39, 0.29) is 11.9 Å². The minimum Gasteiger partial charge on any atom is -0.325 e. The van der Waals surface area contributed by atoms with Crippen molar-refractivity contribution in [3.8, 4) is 0 Å². The molecule has 5 rings (SSSR count). The Morgan fingerprint density at radius 3 is 2.80 bits per heavy atom. The van der Waals surface area contributed by atoms with Crippen molar-refractivity contribution >= 4 is 17.4 Å². The number of aromatic nitrogens is 6. The van der Waals surface area contributed by atoms with Crippen molar-refractivity contribution in [3.63, 3.8) is 0 Å². The number of hydrogen-bond acceptors (Lipinski definition) is 5. The van der Waals surface area contributed by atoms with E-state index < -0.39 is 0 Å². The lowest BCUT2D eigenvalue weighted by Gasteiger charge is -2.17. The summed E-state index contributed by atoms with van der Waals surface area (Å²) in [7, 11) is 0. The Bertz CT molecular complexity index is 1130. The first-order valence-electron chi connectivity index (χ1n) is 10.5. The Balaban J connectivity index is 1.44. The topological polar surface area (TPSA) is 81.2 Å². The molecular weight excluding hydrogens is 378 g/mol. The molecule has 8 heteroatoms. The van der Waals surface area contributed by atoms with Gasteiger partial charge in [-0.1, -0.05) is 24.3 Å². The molecule has 1 amide bonds. The van der Waals surface area contributed by atoms with Gasteiger partial charge < -0.3 is 4.57 Å². The highest BCUT2D eigenvalue weighted by Gasteiger charge is 2.26. The van der Waals surface area contributed by atoms with Gasteiger partial charge in [0.25, 0.3) is 0 Å². The number of aryl methyl sites for hydroxylation is 4. The van der Waals surface area contributed by atoms with Gasteiger partial charge in [-0.05, 0) is 26.7 Å². The average molecular weight is 403 g/mol. The van der Waals surface area contributed by atoms with Crippen molar-refractivity contribution in [2.75, 3.05) is 11.4 Å². The highest BCUT2D eigenvalue weighted by Crippen LogP contribution is 2.27. The predicted molar refractivity (Wildman–Crippen MR) is 113 cm³/mol. The number of carbonyl (C=O) groups excluding carboxylic acids is 1. The highest BCUT2D eigenvalue weighted by molar-refractivity contribution is 5.94. The first-order valence-corrected chi connectivity index (χ1v) is 10.5. The maximum Gasteiger partial charge on any atom is 0.228 e. The molecule has 1 unspecified atom stereocenters. The highest BCUT2D eigenvalue weighted by atomic mass is 16.2. The summed E-state index contributed by atoms with van der Waals surface area (Å²) in [6.07, 6.45) is 16.1. The molecule has 0 aromatic carbocycles. The van der Waals surface area contributed by atoms with Gasteiger partial charge in [0.1, 0.15) is 5.82 Å². The summed E-state index contributed by atoms with van der Waals surface area (Å²) in [4.78, 5) is 28.0. The number of hydrogen-bond donors (Lipinski definition) is 0. The van der Waals surface area contributed by atoms with Gasteiger partial charge in [0, 0.05) is 38.2 Å². The minimum absolute atomic E-state index is 0.158. The standard InChI is InChI=1S/C22H25N7O/c1-15-13-23-16(2)22-24-18(26-29(15)22)10-11-19-25-20(27-12-6-9-21(27)30)14-28(19)17-7-4-3-5-8-17/h3-5,7,13-14,17H,6,8-12H2,1-2H3. The van der Waals surface area contributed by atoms with Crippen LogP contribution in [0.15, 0.2) is 36.7 Å². The van der Waals surface area contributed by atoms with E-state index in [1.165, 1.54) is 0 Å². The van der Waals surface area contributed by atoms with Gasteiger partial charge in [-0.3, -0.25) is 14.7 Å². The molecular formula is C22H25N7O. The van der Waals surface area contributed by atoms with E-state index in [1.807, 2.05) is 35.7 Å². The van der Waals surface area contributed by atoms with E-state index in [1.54, 1.807) is 0 Å². The lowest BCUT2D eigenvalue weighted by Crippen LogP contribution is -2.24. The first kappa shape index (κ1) is 18.7. The lowest BCUT2D eigenvalue weighted by molar-refractivity contribution is -0.117. The van der Waals surface area contributed by atoms with Crippen LogP contribution in [-0.4, -0.2) is 41.6 Å². The van der Waals surface area contributed by atoms with E-state index in [0.29, 0.717) is 19.3 Å². The quantitative estimate of drug-likeness (QED) is 0.654. The fraction of sp³-hybridized carbons (Fsp3) is 0.409. The molecule has 1 fully saturated rings. The summed E-state index contributed by atoms with van der Waals surface area (Å²) in [6, 6.07) is 0.215. The fourth-order valence-electron chi connectivity index (χ4n) is 4.15. The summed E-state index contributed by atoms with van der Waals surface area (Å²) in [6.45, 7) is 4.67. The molecule has 1 saturated heterocycles. The zero-order chi connectivity index (χ0) is 20.7. The molecule has 3 aromatic rings. The van der Waals surface area contributed by atoms with Gasteiger partial charge in [-0.15, -0.1) is 0 Å². The van der Waals surface area contributed by atoms with Gasteiger partial charge in [0.05, 0.1) is 17.4 Å². The van der Waals surface area contributed by atoms with E-state index >= 15 is 0 Å². The average Bonchev–Trinajstić information content (AvgIpc) is 3.48. The third kappa shape index (κ3) is 3.32. The summed E-state index contributed by atoms with van der Waals surface area (Å²) in [5.74, 6) is 2.65. The molecule has 0 spiro atoms. The Labute approximate surface area is 175 Å². The first-order chi connectivity index (χ1) is 14.6. The molecule has 2 aliphatic rings. The van der Waals surface area contributed by atoms with Crippen molar-refractivity contribution in [3.05, 3.63) is 59.7 Å². The third-order valence-corrected chi connectivity index (χ3v) is 5.79. The third-order valence-electron chi connectivity index (χ3n) is 5.79. The Morgan fingerprint density at radius 1 is 1.17 bits per heavy atom. The molecule has 0 radical (unpaired) electrons. The number of allylic oxidation sites excluding steroid dienone is 4. The number of rotatable bonds is 5. The number of imidazole rings is 1. The van der Waals surface area contributed by atoms with Crippen molar-refractivity contribution in [2.24, 2.45) is 0 Å². The van der Waals surface area contributed by atoms with Crippen LogP contribution in [0.25, 0.3) is 5.65 Å². The number of anilines is 1. The van der Waals surface area contributed by atoms with Crippen LogP contribution in [0.4, 0.5) is 5.82 Å². The number of carbonyl (C=O) groups is 1. The van der Waals surface area contributed by atoms with E-state index in [9.17, 15) is 4.79 Å². The van der Waals surface area contributed by atoms with E-state index in [2.05, 4.69) is 43.9 Å². The van der Waals surface area contributed by atoms with E-state index in [4.69, 9.17) is 4.98 Å². The Hall–Kier alpha value is -3.29. The minimum atomic E-state index is 0.158. The molecule has 1 atom stereocenters. The Morgan fingerprint density at radius 2 is 2.07 bits per heavy atom. The van der Waals surface area contributed by atoms with Crippen LogP contribution < -0.4 is 4.90 Å². The summed E-state index contributed by atoms with van der Waals surface area (Å²) >= 11 is 0. The van der Waals surface area contributed by atoms with Gasteiger partial charge >= 0.3 is 0 Å². The molecule has 0 N–H and O–H groups in total. The SMILES string of the molecule is Cc1ncc(C)n2nc(CCc3nc(N4CCCC4=O)cn3C3C=CC=CC3)nc12. The second kappa shape index (κ2) is 7.51. The van der Waals surface area contributed by atoms with Crippen LogP contribution in [0.3, 0.4) is 0 Å². The largest absolute Gasteiger partial charge is 0.325 e. The monoisotopic (exact) mass is 403 g/mol. The van der Waals surface area contributed by atoms with Crippen LogP contribution in [0, 0.1) is 13.8 Å². The van der Waals surface area contributed by atoms with Crippen molar-refractivity contribution in [2.45, 2.75) is 52.0 Å². The lowest BCUT2D eigenvalue weighted by atomic mass is 10.1. The molecule has 0 bridgehead atoms. The van der Waals surface area contributed by atoms with Gasteiger partial charge in [-0.2, -0.15) is 5.10 Å². The van der Waals surface area contributed by atoms with Crippen LogP contribution in [-0.2, 0) is 17.6 Å². The Kier molecular flexibility index (Phi) is 4.69. The van der Waals surface area contributed by atoms with Crippen LogP contribution in [0.2, 0.25) is 0 Å². The van der Waals surface area contributed by atoms with Crippen LogP contribution in [0.1, 0.15) is 48.3 Å². The molecule has 1 aliphatic carbocycles. The second-order valence-corrected chi connectivity index (χ2v) is 7.94. The zero-order valence-electron chi connectivity index (χ0n) is 17.3. The van der Waals surface area contributed by atoms with Crippen molar-refractivity contribution in [1.82, 2.24) is 29.1 Å². The molecule has 30 heavy (non-hydrogen) atoms. The number of nitrogens with zero attached hydrogens (tertiary/aromatic N) is 7. The van der Waals surface area contributed by atoms with Gasteiger partial charge in [0.2, 0.25) is 5.91 Å². The maximum atomic E-state index is 12.2. The summed E-state index contributed by atoms with van der Waals surface area (Å²) < 4.78 is 4.06. The second-order valence-electron chi connectivity index (χ2n) is 7.94. The molecule has 8 nitrogen and oxygen atoms in total. The van der Waals surface area contributed by atoms with Crippen molar-refractivity contribution in [1.29, 1.82) is 0 Å². The van der Waals surface area contributed by atoms with Crippen LogP contribution in [0.5, 0.6) is 0 Å². The van der Waals surface area contributed by atoms with Crippen LogP contribution >= 0.6 is 0 Å². The maximum absolute atomic E-state index is 12.2. The zero-order valence-corrected chi connectivity index (χ0v) is 17.3. The smallest absolute Gasteiger partial charge is 0.228 e. The number of amides is 1. The predicted octanol–water partition coefficient (Wildman–Crippen LogP) is 2.91. The molecule has 3 aromatic heterocycles. The normalized spacial score (nSPS) is 18.8. The van der Waals surface area contributed by atoms with E-state index in [0.717, 1.165) is 53.9 Å². The molecule has 154 valence electrons. The van der Waals surface area contributed by atoms with Gasteiger partial charge in [0.15, 0.2) is 17.3 Å².